The number of unbranched alkanes of at least 4 members (excludes halogenated alkanes) is 2. The number of allylic oxidation sites excluding steroid dienone is 4. The molecule has 0 heterocycles. The molecule has 0 aliphatic heterocycles. The number of aliphatic hydroxyl groups excluding tert-OH is 1. The molecule has 0 amide bonds. The van der Waals surface area contributed by atoms with Gasteiger partial charge in [0.15, 0.2) is 0 Å². The van der Waals surface area contributed by atoms with Crippen molar-refractivity contribution in [3.8, 4) is 0 Å². The van der Waals surface area contributed by atoms with Crippen LogP contribution in [0.15, 0.2) is 36.1 Å². The van der Waals surface area contributed by atoms with Crippen LogP contribution in [-0.4, -0.2) is 5.11 Å². The molecule has 12 heavy (non-hydrogen) atoms. The lowest BCUT2D eigenvalue weighted by atomic mass is 10.2. The molecule has 1 N–H and O–H groups in total. The van der Waals surface area contributed by atoms with Gasteiger partial charge < -0.3 is 5.11 Å². The summed E-state index contributed by atoms with van der Waals surface area (Å²) in [5, 5.41) is 8.76. The summed E-state index contributed by atoms with van der Waals surface area (Å²) < 4.78 is 0. The molecule has 0 rings (SSSR count). The first-order valence-corrected chi connectivity index (χ1v) is 4.39. The van der Waals surface area contributed by atoms with E-state index < -0.39 is 0 Å². The Morgan fingerprint density at radius 1 is 1.42 bits per heavy atom. The Hall–Kier alpha value is -0.980. The van der Waals surface area contributed by atoms with Crippen LogP contribution in [-0.2, 0) is 0 Å². The number of aliphatic hydroxyl groups is 1. The molecule has 0 saturated heterocycles. The predicted molar refractivity (Wildman–Crippen MR) is 54.2 cm³/mol. The van der Waals surface area contributed by atoms with E-state index in [1.165, 1.54) is 18.4 Å². The van der Waals surface area contributed by atoms with Gasteiger partial charge in [-0.05, 0) is 19.4 Å². The van der Waals surface area contributed by atoms with Gasteiger partial charge in [0.05, 0.1) is 0 Å². The van der Waals surface area contributed by atoms with Crippen molar-refractivity contribution in [1.82, 2.24) is 0 Å². The highest BCUT2D eigenvalue weighted by atomic mass is 16.3. The van der Waals surface area contributed by atoms with Gasteiger partial charge in [0.25, 0.3) is 0 Å². The maximum atomic E-state index is 8.76. The Labute approximate surface area is 75.1 Å². The third kappa shape index (κ3) is 7.13. The maximum absolute atomic E-state index is 8.76. The van der Waals surface area contributed by atoms with Crippen LogP contribution in [0.4, 0.5) is 0 Å². The molecule has 1 heteroatoms. The van der Waals surface area contributed by atoms with E-state index in [0.29, 0.717) is 0 Å². The second-order valence-corrected chi connectivity index (χ2v) is 2.92. The van der Waals surface area contributed by atoms with Gasteiger partial charge in [-0.1, -0.05) is 44.1 Å². The highest BCUT2D eigenvalue weighted by molar-refractivity contribution is 5.21. The zero-order valence-corrected chi connectivity index (χ0v) is 8.01. The predicted octanol–water partition coefficient (Wildman–Crippen LogP) is 3.75. The third-order valence-corrected chi connectivity index (χ3v) is 1.56. The average Bonchev–Trinajstić information content (AvgIpc) is 2.01. The van der Waals surface area contributed by atoms with Crippen molar-refractivity contribution in [2.75, 3.05) is 0 Å². The first-order chi connectivity index (χ1) is 5.66. The SMILES string of the molecule is C=C(O)/C=C/C(C)=C/CCCC. The minimum Gasteiger partial charge on any atom is -0.509 e. The van der Waals surface area contributed by atoms with Crippen molar-refractivity contribution in [3.63, 3.8) is 0 Å². The number of hydrogen-bond donors (Lipinski definition) is 1. The van der Waals surface area contributed by atoms with Gasteiger partial charge in [0.2, 0.25) is 0 Å². The normalized spacial score (nSPS) is 12.3. The standard InChI is InChI=1S/C11H18O/c1-4-5-6-7-10(2)8-9-11(3)12/h7-9,12H,3-6H2,1-2H3/b9-8+,10-7+. The van der Waals surface area contributed by atoms with Crippen LogP contribution in [0.2, 0.25) is 0 Å². The summed E-state index contributed by atoms with van der Waals surface area (Å²) in [5.74, 6) is 0.109. The molecule has 1 nitrogen and oxygen atoms in total. The zero-order chi connectivity index (χ0) is 9.40. The molecule has 0 aliphatic carbocycles. The van der Waals surface area contributed by atoms with Gasteiger partial charge in [0, 0.05) is 0 Å². The Bertz CT molecular complexity index is 187. The van der Waals surface area contributed by atoms with E-state index in [-0.39, 0.29) is 5.76 Å². The van der Waals surface area contributed by atoms with Gasteiger partial charge in [-0.15, -0.1) is 0 Å². The van der Waals surface area contributed by atoms with Crippen LogP contribution in [0, 0.1) is 0 Å². The van der Waals surface area contributed by atoms with Crippen LogP contribution in [0.5, 0.6) is 0 Å². The van der Waals surface area contributed by atoms with Gasteiger partial charge in [-0.25, -0.2) is 0 Å². The highest BCUT2D eigenvalue weighted by Crippen LogP contribution is 2.02. The summed E-state index contributed by atoms with van der Waals surface area (Å²) in [6.45, 7) is 7.56. The minimum absolute atomic E-state index is 0.109. The van der Waals surface area contributed by atoms with Crippen LogP contribution in [0.25, 0.3) is 0 Å². The maximum Gasteiger partial charge on any atom is 0.108 e. The molecule has 0 radical (unpaired) electrons. The van der Waals surface area contributed by atoms with Crippen LogP contribution in [0.3, 0.4) is 0 Å². The van der Waals surface area contributed by atoms with Crippen molar-refractivity contribution >= 4 is 0 Å². The quantitative estimate of drug-likeness (QED) is 0.374. The highest BCUT2D eigenvalue weighted by Gasteiger charge is 1.83. The van der Waals surface area contributed by atoms with Gasteiger partial charge in [-0.3, -0.25) is 0 Å². The van der Waals surface area contributed by atoms with E-state index in [0.717, 1.165) is 6.42 Å². The zero-order valence-electron chi connectivity index (χ0n) is 8.01. The lowest BCUT2D eigenvalue weighted by Gasteiger charge is -1.92. The van der Waals surface area contributed by atoms with E-state index >= 15 is 0 Å². The molecule has 0 atom stereocenters. The first-order valence-electron chi connectivity index (χ1n) is 4.39. The van der Waals surface area contributed by atoms with Crippen molar-refractivity contribution in [1.29, 1.82) is 0 Å². The fourth-order valence-corrected chi connectivity index (χ4v) is 0.830. The van der Waals surface area contributed by atoms with Crippen molar-refractivity contribution < 1.29 is 5.11 Å². The topological polar surface area (TPSA) is 20.2 Å². The van der Waals surface area contributed by atoms with E-state index in [4.69, 9.17) is 5.11 Å². The Morgan fingerprint density at radius 2 is 2.08 bits per heavy atom. The minimum atomic E-state index is 0.109. The average molecular weight is 166 g/mol. The molecular weight excluding hydrogens is 148 g/mol. The van der Waals surface area contributed by atoms with Crippen molar-refractivity contribution in [2.24, 2.45) is 0 Å². The number of rotatable bonds is 5. The molecule has 0 aromatic carbocycles. The van der Waals surface area contributed by atoms with E-state index in [1.54, 1.807) is 6.08 Å². The summed E-state index contributed by atoms with van der Waals surface area (Å²) in [5.41, 5.74) is 1.18. The first kappa shape index (κ1) is 11.0. The summed E-state index contributed by atoms with van der Waals surface area (Å²) in [6, 6.07) is 0. The van der Waals surface area contributed by atoms with E-state index in [1.807, 2.05) is 13.0 Å². The Morgan fingerprint density at radius 3 is 2.58 bits per heavy atom. The van der Waals surface area contributed by atoms with Gasteiger partial charge >= 0.3 is 0 Å². The summed E-state index contributed by atoms with van der Waals surface area (Å²) in [4.78, 5) is 0. The van der Waals surface area contributed by atoms with Crippen molar-refractivity contribution in [3.05, 3.63) is 36.1 Å². The fraction of sp³-hybridized carbons (Fsp3) is 0.455. The summed E-state index contributed by atoms with van der Waals surface area (Å²) >= 11 is 0. The van der Waals surface area contributed by atoms with E-state index in [2.05, 4.69) is 19.6 Å². The molecule has 0 fully saturated rings. The van der Waals surface area contributed by atoms with Gasteiger partial charge in [-0.2, -0.15) is 0 Å². The lowest BCUT2D eigenvalue weighted by Crippen LogP contribution is -1.73. The Balaban J connectivity index is 3.77. The molecular formula is C11H18O. The monoisotopic (exact) mass is 166 g/mol. The van der Waals surface area contributed by atoms with Crippen LogP contribution < -0.4 is 0 Å². The largest absolute Gasteiger partial charge is 0.509 e. The molecule has 68 valence electrons. The van der Waals surface area contributed by atoms with Crippen LogP contribution >= 0.6 is 0 Å². The smallest absolute Gasteiger partial charge is 0.108 e. The summed E-state index contributed by atoms with van der Waals surface area (Å²) in [7, 11) is 0. The molecule has 0 spiro atoms. The summed E-state index contributed by atoms with van der Waals surface area (Å²) in [6.07, 6.45) is 9.22. The molecule has 0 bridgehead atoms. The number of hydrogen-bond acceptors (Lipinski definition) is 1. The second kappa shape index (κ2) is 6.71. The van der Waals surface area contributed by atoms with Gasteiger partial charge in [0.1, 0.15) is 5.76 Å². The van der Waals surface area contributed by atoms with Crippen LogP contribution in [0.1, 0.15) is 33.1 Å². The van der Waals surface area contributed by atoms with Crippen molar-refractivity contribution in [2.45, 2.75) is 33.1 Å². The molecule has 0 saturated carbocycles. The Kier molecular flexibility index (Phi) is 6.16. The fourth-order valence-electron chi connectivity index (χ4n) is 0.830. The molecule has 0 unspecified atom stereocenters. The third-order valence-electron chi connectivity index (χ3n) is 1.56. The molecule has 0 aliphatic rings. The van der Waals surface area contributed by atoms with E-state index in [9.17, 15) is 0 Å². The molecule has 0 aromatic heterocycles. The second-order valence-electron chi connectivity index (χ2n) is 2.92. The molecule has 0 aromatic rings. The lowest BCUT2D eigenvalue weighted by molar-refractivity contribution is 0.435.